The minimum atomic E-state index is 0.117. The van der Waals surface area contributed by atoms with Gasteiger partial charge in [-0.3, -0.25) is 4.79 Å². The molecule has 3 heteroatoms. The molecule has 27 heavy (non-hydrogen) atoms. The van der Waals surface area contributed by atoms with E-state index in [1.165, 1.54) is 11.1 Å². The predicted octanol–water partition coefficient (Wildman–Crippen LogP) is 7.42. The summed E-state index contributed by atoms with van der Waals surface area (Å²) < 4.78 is 7.31. The van der Waals surface area contributed by atoms with E-state index >= 15 is 0 Å². The van der Waals surface area contributed by atoms with Gasteiger partial charge < -0.3 is 4.74 Å². The second kappa shape index (κ2) is 7.85. The second-order valence-corrected chi connectivity index (χ2v) is 8.67. The topological polar surface area (TPSA) is 26.3 Å². The Kier molecular flexibility index (Phi) is 5.71. The maximum absolute atomic E-state index is 11.9. The minimum absolute atomic E-state index is 0.117. The van der Waals surface area contributed by atoms with Gasteiger partial charge in [0.15, 0.2) is 5.78 Å². The second-order valence-electron chi connectivity index (χ2n) is 7.62. The number of hydrogen-bond donors (Lipinski definition) is 0. The lowest BCUT2D eigenvalue weighted by Gasteiger charge is -2.21. The molecule has 0 radical (unpaired) electrons. The fourth-order valence-corrected chi connectivity index (χ4v) is 4.47. The monoisotopic (exact) mass is 380 g/mol. The van der Waals surface area contributed by atoms with Crippen LogP contribution in [0.1, 0.15) is 74.2 Å². The van der Waals surface area contributed by atoms with Crippen molar-refractivity contribution in [2.45, 2.75) is 53.4 Å². The summed E-state index contributed by atoms with van der Waals surface area (Å²) in [5, 5.41) is 1.12. The smallest absolute Gasteiger partial charge is 0.169 e. The number of carbonyl (C=O) groups is 1. The van der Waals surface area contributed by atoms with Crippen LogP contribution >= 0.6 is 11.3 Å². The third kappa shape index (κ3) is 3.79. The lowest BCUT2D eigenvalue weighted by atomic mass is 9.89. The molecule has 142 valence electrons. The molecule has 0 fully saturated rings. The number of ketones is 1. The van der Waals surface area contributed by atoms with E-state index < -0.39 is 0 Å². The SMILES string of the molecule is CCOc1c(-c2cccc3cc(C(C)=O)sc23)cc(C(C)C)cc1C(C)C. The molecule has 1 aromatic heterocycles. The average Bonchev–Trinajstić information content (AvgIpc) is 3.06. The number of carbonyl (C=O) groups excluding carboxylic acids is 1. The van der Waals surface area contributed by atoms with Crippen LogP contribution in [0, 0.1) is 0 Å². The molecule has 0 unspecified atom stereocenters. The zero-order valence-electron chi connectivity index (χ0n) is 17.1. The van der Waals surface area contributed by atoms with Crippen molar-refractivity contribution in [3.8, 4) is 16.9 Å². The van der Waals surface area contributed by atoms with Gasteiger partial charge in [-0.25, -0.2) is 0 Å². The Morgan fingerprint density at radius 1 is 1.04 bits per heavy atom. The molecule has 0 atom stereocenters. The minimum Gasteiger partial charge on any atom is -0.493 e. The number of ether oxygens (including phenoxy) is 1. The zero-order chi connectivity index (χ0) is 19.7. The highest BCUT2D eigenvalue weighted by atomic mass is 32.1. The quantitative estimate of drug-likeness (QED) is 0.416. The van der Waals surface area contributed by atoms with Crippen LogP contribution in [0.4, 0.5) is 0 Å². The zero-order valence-corrected chi connectivity index (χ0v) is 17.9. The summed E-state index contributed by atoms with van der Waals surface area (Å²) in [6.45, 7) is 13.2. The molecular weight excluding hydrogens is 352 g/mol. The first-order valence-electron chi connectivity index (χ1n) is 9.68. The van der Waals surface area contributed by atoms with Crippen LogP contribution in [0.3, 0.4) is 0 Å². The van der Waals surface area contributed by atoms with Crippen LogP contribution in [-0.2, 0) is 0 Å². The van der Waals surface area contributed by atoms with Gasteiger partial charge in [0.1, 0.15) is 5.75 Å². The van der Waals surface area contributed by atoms with Crippen molar-refractivity contribution in [1.82, 2.24) is 0 Å². The number of Topliss-reactive ketones (excluding diaryl/α,β-unsaturated/α-hetero) is 1. The van der Waals surface area contributed by atoms with Crippen LogP contribution in [0.2, 0.25) is 0 Å². The molecule has 0 aliphatic rings. The Labute approximate surface area is 166 Å². The van der Waals surface area contributed by atoms with Gasteiger partial charge in [-0.05, 0) is 54.3 Å². The van der Waals surface area contributed by atoms with Gasteiger partial charge in [0.2, 0.25) is 0 Å². The van der Waals surface area contributed by atoms with Crippen LogP contribution in [0.15, 0.2) is 36.4 Å². The maximum atomic E-state index is 11.9. The Hall–Kier alpha value is -2.13. The first-order chi connectivity index (χ1) is 12.8. The van der Waals surface area contributed by atoms with Crippen molar-refractivity contribution < 1.29 is 9.53 Å². The van der Waals surface area contributed by atoms with Crippen molar-refractivity contribution in [1.29, 1.82) is 0 Å². The van der Waals surface area contributed by atoms with Crippen molar-refractivity contribution in [2.75, 3.05) is 6.61 Å². The Balaban J connectivity index is 2.35. The summed E-state index contributed by atoms with van der Waals surface area (Å²) in [5.74, 6) is 1.90. The van der Waals surface area contributed by atoms with Crippen molar-refractivity contribution >= 4 is 27.2 Å². The Morgan fingerprint density at radius 2 is 1.78 bits per heavy atom. The highest BCUT2D eigenvalue weighted by Gasteiger charge is 2.20. The van der Waals surface area contributed by atoms with E-state index in [4.69, 9.17) is 4.74 Å². The summed E-state index contributed by atoms with van der Waals surface area (Å²) in [6, 6.07) is 12.9. The normalized spacial score (nSPS) is 11.6. The fourth-order valence-electron chi connectivity index (χ4n) is 3.39. The Bertz CT molecular complexity index is 979. The molecule has 3 rings (SSSR count). The van der Waals surface area contributed by atoms with Gasteiger partial charge in [-0.15, -0.1) is 11.3 Å². The van der Waals surface area contributed by atoms with Gasteiger partial charge in [-0.1, -0.05) is 52.0 Å². The first-order valence-corrected chi connectivity index (χ1v) is 10.5. The summed E-state index contributed by atoms with van der Waals surface area (Å²) in [7, 11) is 0. The number of fused-ring (bicyclic) bond motifs is 1. The van der Waals surface area contributed by atoms with E-state index in [0.29, 0.717) is 18.4 Å². The summed E-state index contributed by atoms with van der Waals surface area (Å²) in [6.07, 6.45) is 0. The lowest BCUT2D eigenvalue weighted by molar-refractivity contribution is 0.102. The summed E-state index contributed by atoms with van der Waals surface area (Å²) in [4.78, 5) is 12.7. The summed E-state index contributed by atoms with van der Waals surface area (Å²) >= 11 is 1.58. The number of rotatable bonds is 6. The van der Waals surface area contributed by atoms with Crippen LogP contribution in [0.5, 0.6) is 5.75 Å². The third-order valence-corrected chi connectivity index (χ3v) is 6.18. The molecular formula is C24H28O2S. The average molecular weight is 381 g/mol. The van der Waals surface area contributed by atoms with E-state index in [-0.39, 0.29) is 5.78 Å². The van der Waals surface area contributed by atoms with Crippen LogP contribution in [0.25, 0.3) is 21.2 Å². The third-order valence-electron chi connectivity index (χ3n) is 4.90. The maximum Gasteiger partial charge on any atom is 0.169 e. The molecule has 0 saturated heterocycles. The molecule has 0 amide bonds. The molecule has 0 saturated carbocycles. The van der Waals surface area contributed by atoms with Crippen molar-refractivity contribution in [2.24, 2.45) is 0 Å². The molecule has 2 nitrogen and oxygen atoms in total. The molecule has 0 N–H and O–H groups in total. The lowest BCUT2D eigenvalue weighted by Crippen LogP contribution is -2.03. The largest absolute Gasteiger partial charge is 0.493 e. The first kappa shape index (κ1) is 19.6. The molecule has 0 bridgehead atoms. The van der Waals surface area contributed by atoms with E-state index in [1.807, 2.05) is 13.0 Å². The van der Waals surface area contributed by atoms with Gasteiger partial charge in [0.25, 0.3) is 0 Å². The van der Waals surface area contributed by atoms with E-state index in [9.17, 15) is 4.79 Å². The van der Waals surface area contributed by atoms with Gasteiger partial charge in [0.05, 0.1) is 11.5 Å². The predicted molar refractivity (Wildman–Crippen MR) is 117 cm³/mol. The summed E-state index contributed by atoms with van der Waals surface area (Å²) in [5.41, 5.74) is 4.85. The van der Waals surface area contributed by atoms with Crippen molar-refractivity contribution in [3.63, 3.8) is 0 Å². The highest BCUT2D eigenvalue weighted by Crippen LogP contribution is 2.44. The Morgan fingerprint density at radius 3 is 2.37 bits per heavy atom. The van der Waals surface area contributed by atoms with Gasteiger partial charge in [0, 0.05) is 15.8 Å². The molecule has 0 spiro atoms. The standard InChI is InChI=1S/C24H28O2S/c1-7-26-23-20(15(4)5)11-18(14(2)3)12-21(23)19-10-8-9-17-13-22(16(6)25)27-24(17)19/h8-15H,7H2,1-6H3. The van der Waals surface area contributed by atoms with Gasteiger partial charge in [-0.2, -0.15) is 0 Å². The van der Waals surface area contributed by atoms with Gasteiger partial charge >= 0.3 is 0 Å². The number of benzene rings is 2. The van der Waals surface area contributed by atoms with Crippen LogP contribution < -0.4 is 4.74 Å². The van der Waals surface area contributed by atoms with E-state index in [1.54, 1.807) is 18.3 Å². The van der Waals surface area contributed by atoms with E-state index in [2.05, 4.69) is 58.0 Å². The molecule has 0 aliphatic heterocycles. The van der Waals surface area contributed by atoms with Crippen LogP contribution in [-0.4, -0.2) is 12.4 Å². The number of thiophene rings is 1. The fraction of sp³-hybridized carbons (Fsp3) is 0.375. The molecule has 0 aliphatic carbocycles. The van der Waals surface area contributed by atoms with E-state index in [0.717, 1.165) is 31.8 Å². The molecule has 1 heterocycles. The molecule has 2 aromatic carbocycles. The highest BCUT2D eigenvalue weighted by molar-refractivity contribution is 7.21. The van der Waals surface area contributed by atoms with Crippen molar-refractivity contribution in [3.05, 3.63) is 52.4 Å². The number of hydrogen-bond acceptors (Lipinski definition) is 3. The molecule has 3 aromatic rings.